The van der Waals surface area contributed by atoms with Gasteiger partial charge in [-0.15, -0.1) is 0 Å². The first-order chi connectivity index (χ1) is 9.10. The van der Waals surface area contributed by atoms with Crippen LogP contribution in [0.1, 0.15) is 41.0 Å². The average molecular weight is 259 g/mol. The van der Waals surface area contributed by atoms with Gasteiger partial charge in [0, 0.05) is 17.5 Å². The van der Waals surface area contributed by atoms with E-state index in [9.17, 15) is 0 Å². The largest absolute Gasteiger partial charge is 0.496 e. The third-order valence-corrected chi connectivity index (χ3v) is 3.68. The van der Waals surface area contributed by atoms with Crippen LogP contribution in [0.2, 0.25) is 0 Å². The second-order valence-corrected chi connectivity index (χ2v) is 4.76. The van der Waals surface area contributed by atoms with Gasteiger partial charge in [-0.25, -0.2) is 0 Å². The molecular weight excluding hydrogens is 238 g/mol. The van der Waals surface area contributed by atoms with E-state index >= 15 is 0 Å². The standard InChI is InChI=1S/C16H21NO2/c1-5-14-12(8-9-19-14)15(17)13-7-6-10(2)11(3)16(13)18-4/h6-9,15H,5,17H2,1-4H3. The van der Waals surface area contributed by atoms with Crippen molar-refractivity contribution < 1.29 is 9.15 Å². The summed E-state index contributed by atoms with van der Waals surface area (Å²) in [5.74, 6) is 1.81. The molecular formula is C16H21NO2. The summed E-state index contributed by atoms with van der Waals surface area (Å²) < 4.78 is 11.0. The van der Waals surface area contributed by atoms with Gasteiger partial charge in [0.25, 0.3) is 0 Å². The monoisotopic (exact) mass is 259 g/mol. The Morgan fingerprint density at radius 2 is 1.95 bits per heavy atom. The van der Waals surface area contributed by atoms with E-state index in [1.807, 2.05) is 12.1 Å². The predicted molar refractivity (Wildman–Crippen MR) is 76.6 cm³/mol. The molecule has 0 fully saturated rings. The van der Waals surface area contributed by atoms with Crippen LogP contribution in [0.4, 0.5) is 0 Å². The van der Waals surface area contributed by atoms with Gasteiger partial charge in [-0.1, -0.05) is 19.1 Å². The van der Waals surface area contributed by atoms with E-state index < -0.39 is 0 Å². The normalized spacial score (nSPS) is 12.5. The predicted octanol–water partition coefficient (Wildman–Crippen LogP) is 3.52. The maximum Gasteiger partial charge on any atom is 0.127 e. The second-order valence-electron chi connectivity index (χ2n) is 4.76. The first kappa shape index (κ1) is 13.7. The van der Waals surface area contributed by atoms with Crippen LogP contribution in [0.5, 0.6) is 5.75 Å². The Kier molecular flexibility index (Phi) is 3.96. The zero-order chi connectivity index (χ0) is 14.0. The molecule has 3 nitrogen and oxygen atoms in total. The van der Waals surface area contributed by atoms with Crippen LogP contribution in [-0.4, -0.2) is 7.11 Å². The smallest absolute Gasteiger partial charge is 0.127 e. The minimum atomic E-state index is -0.219. The Morgan fingerprint density at radius 3 is 2.58 bits per heavy atom. The SMILES string of the molecule is CCc1occc1C(N)c1ccc(C)c(C)c1OC. The first-order valence-corrected chi connectivity index (χ1v) is 6.56. The Balaban J connectivity index is 2.50. The minimum Gasteiger partial charge on any atom is -0.496 e. The van der Waals surface area contributed by atoms with Crippen molar-refractivity contribution in [3.63, 3.8) is 0 Å². The molecule has 2 rings (SSSR count). The lowest BCUT2D eigenvalue weighted by atomic mass is 9.94. The van der Waals surface area contributed by atoms with E-state index in [2.05, 4.69) is 26.8 Å². The second kappa shape index (κ2) is 5.49. The maximum absolute atomic E-state index is 6.39. The summed E-state index contributed by atoms with van der Waals surface area (Å²) >= 11 is 0. The number of furan rings is 1. The number of nitrogens with two attached hydrogens (primary N) is 1. The summed E-state index contributed by atoms with van der Waals surface area (Å²) in [6.07, 6.45) is 2.53. The van der Waals surface area contributed by atoms with Crippen LogP contribution in [0.25, 0.3) is 0 Å². The number of hydrogen-bond acceptors (Lipinski definition) is 3. The summed E-state index contributed by atoms with van der Waals surface area (Å²) in [5, 5.41) is 0. The lowest BCUT2D eigenvalue weighted by molar-refractivity contribution is 0.404. The number of aryl methyl sites for hydroxylation is 2. The number of benzene rings is 1. The van der Waals surface area contributed by atoms with Gasteiger partial charge in [-0.2, -0.15) is 0 Å². The van der Waals surface area contributed by atoms with Crippen molar-refractivity contribution in [1.82, 2.24) is 0 Å². The molecule has 0 aliphatic carbocycles. The van der Waals surface area contributed by atoms with Gasteiger partial charge in [-0.3, -0.25) is 0 Å². The van der Waals surface area contributed by atoms with Crippen LogP contribution in [0.15, 0.2) is 28.9 Å². The fourth-order valence-corrected chi connectivity index (χ4v) is 2.41. The quantitative estimate of drug-likeness (QED) is 0.914. The lowest BCUT2D eigenvalue weighted by Crippen LogP contribution is -2.14. The summed E-state index contributed by atoms with van der Waals surface area (Å²) in [5.41, 5.74) is 10.8. The molecule has 2 aromatic rings. The van der Waals surface area contributed by atoms with Crippen LogP contribution >= 0.6 is 0 Å². The van der Waals surface area contributed by atoms with Gasteiger partial charge in [-0.05, 0) is 31.0 Å². The fraction of sp³-hybridized carbons (Fsp3) is 0.375. The van der Waals surface area contributed by atoms with E-state index in [1.54, 1.807) is 13.4 Å². The topological polar surface area (TPSA) is 48.4 Å². The third-order valence-electron chi connectivity index (χ3n) is 3.68. The van der Waals surface area contributed by atoms with Crippen molar-refractivity contribution in [2.45, 2.75) is 33.2 Å². The molecule has 19 heavy (non-hydrogen) atoms. The molecule has 0 spiro atoms. The number of methoxy groups -OCH3 is 1. The zero-order valence-corrected chi connectivity index (χ0v) is 12.0. The highest BCUT2D eigenvalue weighted by atomic mass is 16.5. The molecule has 3 heteroatoms. The van der Waals surface area contributed by atoms with Gasteiger partial charge in [0.05, 0.1) is 19.4 Å². The molecule has 1 aromatic heterocycles. The van der Waals surface area contributed by atoms with Crippen molar-refractivity contribution in [3.8, 4) is 5.75 Å². The van der Waals surface area contributed by atoms with E-state index in [0.29, 0.717) is 0 Å². The lowest BCUT2D eigenvalue weighted by Gasteiger charge is -2.18. The van der Waals surface area contributed by atoms with Gasteiger partial charge >= 0.3 is 0 Å². The molecule has 102 valence electrons. The average Bonchev–Trinajstić information content (AvgIpc) is 2.89. The number of rotatable bonds is 4. The molecule has 0 amide bonds. The maximum atomic E-state index is 6.39. The summed E-state index contributed by atoms with van der Waals surface area (Å²) in [6, 6.07) is 5.85. The summed E-state index contributed by atoms with van der Waals surface area (Å²) in [6.45, 7) is 6.19. The first-order valence-electron chi connectivity index (χ1n) is 6.56. The van der Waals surface area contributed by atoms with Crippen molar-refractivity contribution >= 4 is 0 Å². The molecule has 0 bridgehead atoms. The van der Waals surface area contributed by atoms with Crippen LogP contribution in [-0.2, 0) is 6.42 Å². The van der Waals surface area contributed by atoms with Crippen LogP contribution in [0.3, 0.4) is 0 Å². The highest BCUT2D eigenvalue weighted by Crippen LogP contribution is 2.34. The van der Waals surface area contributed by atoms with E-state index in [1.165, 1.54) is 5.56 Å². The third kappa shape index (κ3) is 2.38. The molecule has 2 N–H and O–H groups in total. The molecule has 0 radical (unpaired) electrons. The molecule has 1 aromatic carbocycles. The molecule has 0 saturated carbocycles. The fourth-order valence-electron chi connectivity index (χ4n) is 2.41. The minimum absolute atomic E-state index is 0.219. The van der Waals surface area contributed by atoms with Crippen molar-refractivity contribution in [2.24, 2.45) is 5.73 Å². The Morgan fingerprint density at radius 1 is 1.21 bits per heavy atom. The van der Waals surface area contributed by atoms with Crippen molar-refractivity contribution in [1.29, 1.82) is 0 Å². The summed E-state index contributed by atoms with van der Waals surface area (Å²) in [4.78, 5) is 0. The molecule has 1 atom stereocenters. The Bertz CT molecular complexity index is 572. The van der Waals surface area contributed by atoms with Gasteiger partial charge in [0.15, 0.2) is 0 Å². The van der Waals surface area contributed by atoms with Crippen LogP contribution < -0.4 is 10.5 Å². The zero-order valence-electron chi connectivity index (χ0n) is 12.0. The number of hydrogen-bond donors (Lipinski definition) is 1. The van der Waals surface area contributed by atoms with E-state index in [4.69, 9.17) is 14.9 Å². The molecule has 0 aliphatic heterocycles. The molecule has 0 aliphatic rings. The summed E-state index contributed by atoms with van der Waals surface area (Å²) in [7, 11) is 1.69. The highest BCUT2D eigenvalue weighted by Gasteiger charge is 2.20. The highest BCUT2D eigenvalue weighted by molar-refractivity contribution is 5.49. The van der Waals surface area contributed by atoms with Gasteiger partial charge in [0.2, 0.25) is 0 Å². The van der Waals surface area contributed by atoms with Crippen LogP contribution in [0, 0.1) is 13.8 Å². The van der Waals surface area contributed by atoms with Crippen molar-refractivity contribution in [2.75, 3.05) is 7.11 Å². The Labute approximate surface area is 114 Å². The van der Waals surface area contributed by atoms with Crippen molar-refractivity contribution in [3.05, 3.63) is 52.5 Å². The molecule has 1 unspecified atom stereocenters. The number of ether oxygens (including phenoxy) is 1. The van der Waals surface area contributed by atoms with E-state index in [0.717, 1.165) is 34.6 Å². The molecule has 0 saturated heterocycles. The molecule has 1 heterocycles. The van der Waals surface area contributed by atoms with E-state index in [-0.39, 0.29) is 6.04 Å². The van der Waals surface area contributed by atoms with Gasteiger partial charge in [0.1, 0.15) is 11.5 Å². The van der Waals surface area contributed by atoms with Gasteiger partial charge < -0.3 is 14.9 Å². The Hall–Kier alpha value is -1.74.